The fraction of sp³-hybridized carbons (Fsp3) is 0.333. The minimum absolute atomic E-state index is 0.453. The van der Waals surface area contributed by atoms with E-state index in [1.165, 1.54) is 0 Å². The molecule has 0 aliphatic carbocycles. The van der Waals surface area contributed by atoms with Crippen LogP contribution in [0.2, 0.25) is 0 Å². The van der Waals surface area contributed by atoms with E-state index in [9.17, 15) is 0 Å². The molecule has 72 valence electrons. The van der Waals surface area contributed by atoms with Crippen molar-refractivity contribution in [3.8, 4) is 12.1 Å². The van der Waals surface area contributed by atoms with E-state index in [0.717, 1.165) is 12.0 Å². The van der Waals surface area contributed by atoms with Crippen LogP contribution in [-0.4, -0.2) is 0 Å². The lowest BCUT2D eigenvalue weighted by molar-refractivity contribution is 1.13. The average Bonchev–Trinajstić information content (AvgIpc) is 2.30. The van der Waals surface area contributed by atoms with E-state index in [0.29, 0.717) is 11.1 Å². The molecule has 2 nitrogen and oxygen atoms in total. The van der Waals surface area contributed by atoms with Crippen molar-refractivity contribution >= 4 is 0 Å². The minimum atomic E-state index is 0.453. The van der Waals surface area contributed by atoms with Crippen molar-refractivity contribution in [3.05, 3.63) is 34.9 Å². The van der Waals surface area contributed by atoms with Crippen LogP contribution in [0.1, 0.15) is 37.5 Å². The lowest BCUT2D eigenvalue weighted by Crippen LogP contribution is -1.86. The molecule has 0 N–H and O–H groups in total. The molecular weight excluding hydrogens is 172 g/mol. The highest BCUT2D eigenvalue weighted by Crippen LogP contribution is 2.10. The summed E-state index contributed by atoms with van der Waals surface area (Å²) in [5, 5.41) is 17.3. The van der Waals surface area contributed by atoms with Crippen molar-refractivity contribution in [1.82, 2.24) is 0 Å². The van der Waals surface area contributed by atoms with E-state index in [-0.39, 0.29) is 0 Å². The van der Waals surface area contributed by atoms with Gasteiger partial charge in [0.05, 0.1) is 11.1 Å². The van der Waals surface area contributed by atoms with Gasteiger partial charge in [-0.2, -0.15) is 10.5 Å². The van der Waals surface area contributed by atoms with Crippen LogP contribution in [0.15, 0.2) is 18.2 Å². The molecule has 0 aliphatic rings. The minimum Gasteiger partial charge on any atom is -0.192 e. The Morgan fingerprint density at radius 3 is 2.07 bits per heavy atom. The Kier molecular flexibility index (Phi) is 5.83. The molecule has 0 fully saturated rings. The Hall–Kier alpha value is -1.80. The summed E-state index contributed by atoms with van der Waals surface area (Å²) < 4.78 is 0. The first kappa shape index (κ1) is 12.2. The zero-order chi connectivity index (χ0) is 11.0. The van der Waals surface area contributed by atoms with Gasteiger partial charge in [0.15, 0.2) is 0 Å². The van der Waals surface area contributed by atoms with E-state index in [1.54, 1.807) is 12.1 Å². The second-order valence-electron chi connectivity index (χ2n) is 2.46. The monoisotopic (exact) mass is 186 g/mol. The van der Waals surface area contributed by atoms with Gasteiger partial charge in [-0.05, 0) is 24.1 Å². The first-order valence-corrected chi connectivity index (χ1v) is 4.75. The highest BCUT2D eigenvalue weighted by Gasteiger charge is 2.00. The van der Waals surface area contributed by atoms with Crippen molar-refractivity contribution < 1.29 is 0 Å². The molecule has 0 heterocycles. The summed E-state index contributed by atoms with van der Waals surface area (Å²) in [6.07, 6.45) is 0.889. The number of aryl methyl sites for hydroxylation is 1. The van der Waals surface area contributed by atoms with Crippen molar-refractivity contribution in [2.75, 3.05) is 0 Å². The fourth-order valence-electron chi connectivity index (χ4n) is 1.00. The molecule has 1 aromatic rings. The molecule has 0 bridgehead atoms. The Balaban J connectivity index is 0.000000791. The van der Waals surface area contributed by atoms with Gasteiger partial charge in [-0.3, -0.25) is 0 Å². The van der Waals surface area contributed by atoms with Gasteiger partial charge in [0.25, 0.3) is 0 Å². The van der Waals surface area contributed by atoms with Crippen molar-refractivity contribution in [2.45, 2.75) is 27.2 Å². The van der Waals surface area contributed by atoms with Crippen molar-refractivity contribution in [1.29, 1.82) is 10.5 Å². The normalized spacial score (nSPS) is 7.79. The molecule has 0 aromatic heterocycles. The lowest BCUT2D eigenvalue weighted by Gasteiger charge is -1.97. The molecule has 0 saturated heterocycles. The number of hydrogen-bond donors (Lipinski definition) is 0. The molecule has 0 radical (unpaired) electrons. The maximum Gasteiger partial charge on any atom is 0.101 e. The first-order chi connectivity index (χ1) is 6.81. The van der Waals surface area contributed by atoms with E-state index in [1.807, 2.05) is 39.0 Å². The van der Waals surface area contributed by atoms with Gasteiger partial charge in [0.2, 0.25) is 0 Å². The maximum atomic E-state index is 8.67. The highest BCUT2D eigenvalue weighted by molar-refractivity contribution is 5.47. The number of nitriles is 2. The van der Waals surface area contributed by atoms with Gasteiger partial charge in [-0.15, -0.1) is 0 Å². The summed E-state index contributed by atoms with van der Waals surface area (Å²) in [5.41, 5.74) is 2.01. The third-order valence-electron chi connectivity index (χ3n) is 1.73. The third-order valence-corrected chi connectivity index (χ3v) is 1.73. The summed E-state index contributed by atoms with van der Waals surface area (Å²) in [6.45, 7) is 6.02. The van der Waals surface area contributed by atoms with Crippen LogP contribution in [-0.2, 0) is 6.42 Å². The third kappa shape index (κ3) is 2.92. The standard InChI is InChI=1S/C10H8N2.C2H6/c1-2-8-3-4-9(6-11)10(5-8)7-12;1-2/h3-5H,2H2,1H3;1-2H3. The topological polar surface area (TPSA) is 47.6 Å². The average molecular weight is 186 g/mol. The van der Waals surface area contributed by atoms with Gasteiger partial charge in [0, 0.05) is 0 Å². The summed E-state index contributed by atoms with van der Waals surface area (Å²) >= 11 is 0. The van der Waals surface area contributed by atoms with Gasteiger partial charge < -0.3 is 0 Å². The number of benzene rings is 1. The van der Waals surface area contributed by atoms with Crippen molar-refractivity contribution in [2.24, 2.45) is 0 Å². The van der Waals surface area contributed by atoms with Crippen molar-refractivity contribution in [3.63, 3.8) is 0 Å². The zero-order valence-electron chi connectivity index (χ0n) is 8.83. The molecule has 2 heteroatoms. The summed E-state index contributed by atoms with van der Waals surface area (Å²) in [6, 6.07) is 9.30. The molecule has 0 atom stereocenters. The number of rotatable bonds is 1. The molecular formula is C12H14N2. The zero-order valence-corrected chi connectivity index (χ0v) is 8.83. The number of hydrogen-bond acceptors (Lipinski definition) is 2. The molecule has 1 rings (SSSR count). The second-order valence-corrected chi connectivity index (χ2v) is 2.46. The van der Waals surface area contributed by atoms with Gasteiger partial charge in [-0.1, -0.05) is 26.8 Å². The molecule has 1 aromatic carbocycles. The van der Waals surface area contributed by atoms with Crippen LogP contribution in [0, 0.1) is 22.7 Å². The Morgan fingerprint density at radius 1 is 1.07 bits per heavy atom. The molecule has 0 aliphatic heterocycles. The molecule has 0 unspecified atom stereocenters. The largest absolute Gasteiger partial charge is 0.192 e. The maximum absolute atomic E-state index is 8.67. The number of nitrogens with zero attached hydrogens (tertiary/aromatic N) is 2. The van der Waals surface area contributed by atoms with Crippen LogP contribution >= 0.6 is 0 Å². The smallest absolute Gasteiger partial charge is 0.101 e. The van der Waals surface area contributed by atoms with Gasteiger partial charge in [-0.25, -0.2) is 0 Å². The van der Waals surface area contributed by atoms with Crippen LogP contribution in [0.25, 0.3) is 0 Å². The van der Waals surface area contributed by atoms with Gasteiger partial charge >= 0.3 is 0 Å². The molecule has 14 heavy (non-hydrogen) atoms. The first-order valence-electron chi connectivity index (χ1n) is 4.75. The summed E-state index contributed by atoms with van der Waals surface area (Å²) in [7, 11) is 0. The Morgan fingerprint density at radius 2 is 1.64 bits per heavy atom. The Labute approximate surface area is 85.4 Å². The second kappa shape index (κ2) is 6.69. The van der Waals surface area contributed by atoms with Crippen LogP contribution < -0.4 is 0 Å². The van der Waals surface area contributed by atoms with E-state index in [2.05, 4.69) is 0 Å². The molecule has 0 spiro atoms. The van der Waals surface area contributed by atoms with Crippen LogP contribution in [0.3, 0.4) is 0 Å². The molecule has 0 amide bonds. The lowest BCUT2D eigenvalue weighted by atomic mass is 10.0. The van der Waals surface area contributed by atoms with Crippen LogP contribution in [0.5, 0.6) is 0 Å². The van der Waals surface area contributed by atoms with E-state index < -0.39 is 0 Å². The summed E-state index contributed by atoms with van der Waals surface area (Å²) in [4.78, 5) is 0. The summed E-state index contributed by atoms with van der Waals surface area (Å²) in [5.74, 6) is 0. The van der Waals surface area contributed by atoms with Crippen LogP contribution in [0.4, 0.5) is 0 Å². The fourth-order valence-corrected chi connectivity index (χ4v) is 1.00. The Bertz CT molecular complexity index is 367. The predicted molar refractivity (Wildman–Crippen MR) is 56.6 cm³/mol. The van der Waals surface area contributed by atoms with E-state index >= 15 is 0 Å². The SMILES string of the molecule is CC.CCc1ccc(C#N)c(C#N)c1. The van der Waals surface area contributed by atoms with E-state index in [4.69, 9.17) is 10.5 Å². The predicted octanol–water partition coefficient (Wildman–Crippen LogP) is 3.02. The quantitative estimate of drug-likeness (QED) is 0.676. The molecule has 0 saturated carbocycles. The van der Waals surface area contributed by atoms with Gasteiger partial charge in [0.1, 0.15) is 12.1 Å². The highest BCUT2D eigenvalue weighted by atomic mass is 14.3.